The smallest absolute Gasteiger partial charge is 0.0534 e. The first-order valence-electron chi connectivity index (χ1n) is 5.08. The fourth-order valence-electron chi connectivity index (χ4n) is 1.55. The monoisotopic (exact) mass is 204 g/mol. The fourth-order valence-corrected chi connectivity index (χ4v) is 1.55. The van der Waals surface area contributed by atoms with E-state index >= 15 is 0 Å². The summed E-state index contributed by atoms with van der Waals surface area (Å²) in [6.45, 7) is 3.01. The molecule has 0 amide bonds. The maximum absolute atomic E-state index is 3.93. The molecule has 0 aliphatic rings. The molecule has 2 aromatic rings. The van der Waals surface area contributed by atoms with Gasteiger partial charge in [-0.05, 0) is 18.6 Å². The lowest BCUT2D eigenvalue weighted by Gasteiger charge is -2.10. The van der Waals surface area contributed by atoms with Crippen LogP contribution in [-0.2, 0) is 13.6 Å². The van der Waals surface area contributed by atoms with Gasteiger partial charge in [0.15, 0.2) is 0 Å². The zero-order valence-corrected chi connectivity index (χ0v) is 9.07. The van der Waals surface area contributed by atoms with Crippen molar-refractivity contribution < 1.29 is 0 Å². The molecule has 1 unspecified atom stereocenters. The van der Waals surface area contributed by atoms with Gasteiger partial charge in [-0.25, -0.2) is 0 Å². The molecule has 0 bridgehead atoms. The number of nitrogens with one attached hydrogen (secondary N) is 2. The Bertz CT molecular complexity index is 402. The van der Waals surface area contributed by atoms with Gasteiger partial charge in [-0.15, -0.1) is 0 Å². The van der Waals surface area contributed by atoms with Crippen LogP contribution in [-0.4, -0.2) is 14.8 Å². The van der Waals surface area contributed by atoms with E-state index in [2.05, 4.69) is 45.5 Å². The standard InChI is InChI=1S/C11H16N4/c1-9(11-6-13-14-7-11)12-5-10-3-4-15(2)8-10/h3-4,6-9,12H,5H2,1-2H3,(H,13,14). The van der Waals surface area contributed by atoms with Gasteiger partial charge in [-0.2, -0.15) is 5.10 Å². The summed E-state index contributed by atoms with van der Waals surface area (Å²) in [5.41, 5.74) is 2.48. The Kier molecular flexibility index (Phi) is 2.87. The Balaban J connectivity index is 1.88. The second kappa shape index (κ2) is 4.31. The van der Waals surface area contributed by atoms with Gasteiger partial charge in [0, 0.05) is 43.8 Å². The molecule has 2 aromatic heterocycles. The third kappa shape index (κ3) is 2.47. The third-order valence-corrected chi connectivity index (χ3v) is 2.52. The van der Waals surface area contributed by atoms with Crippen molar-refractivity contribution in [2.45, 2.75) is 19.5 Å². The van der Waals surface area contributed by atoms with E-state index in [0.717, 1.165) is 6.54 Å². The van der Waals surface area contributed by atoms with E-state index in [0.29, 0.717) is 6.04 Å². The molecule has 80 valence electrons. The normalized spacial score (nSPS) is 12.9. The maximum atomic E-state index is 3.93. The van der Waals surface area contributed by atoms with Crippen molar-refractivity contribution in [2.75, 3.05) is 0 Å². The number of hydrogen-bond donors (Lipinski definition) is 2. The van der Waals surface area contributed by atoms with Crippen LogP contribution >= 0.6 is 0 Å². The van der Waals surface area contributed by atoms with Crippen molar-refractivity contribution in [2.24, 2.45) is 7.05 Å². The highest BCUT2D eigenvalue weighted by Gasteiger charge is 2.05. The molecule has 0 aromatic carbocycles. The first kappa shape index (κ1) is 9.98. The molecule has 0 saturated carbocycles. The lowest BCUT2D eigenvalue weighted by Crippen LogP contribution is -2.17. The van der Waals surface area contributed by atoms with E-state index in [1.807, 2.05) is 19.4 Å². The Morgan fingerprint density at radius 1 is 1.60 bits per heavy atom. The summed E-state index contributed by atoms with van der Waals surface area (Å²) in [5.74, 6) is 0. The number of H-pyrrole nitrogens is 1. The molecule has 2 N–H and O–H groups in total. The minimum atomic E-state index is 0.323. The minimum Gasteiger partial charge on any atom is -0.357 e. The summed E-state index contributed by atoms with van der Waals surface area (Å²) in [5, 5.41) is 10.2. The van der Waals surface area contributed by atoms with Crippen molar-refractivity contribution >= 4 is 0 Å². The van der Waals surface area contributed by atoms with Crippen molar-refractivity contribution in [1.29, 1.82) is 0 Å². The second-order valence-electron chi connectivity index (χ2n) is 3.82. The van der Waals surface area contributed by atoms with Crippen molar-refractivity contribution in [3.8, 4) is 0 Å². The molecule has 0 aliphatic heterocycles. The van der Waals surface area contributed by atoms with Crippen molar-refractivity contribution in [1.82, 2.24) is 20.1 Å². The van der Waals surface area contributed by atoms with Crippen LogP contribution in [0.1, 0.15) is 24.1 Å². The lowest BCUT2D eigenvalue weighted by molar-refractivity contribution is 0.574. The highest BCUT2D eigenvalue weighted by Crippen LogP contribution is 2.10. The summed E-state index contributed by atoms with van der Waals surface area (Å²) >= 11 is 0. The summed E-state index contributed by atoms with van der Waals surface area (Å²) < 4.78 is 2.06. The molecule has 0 radical (unpaired) electrons. The molecule has 0 aliphatic carbocycles. The summed E-state index contributed by atoms with van der Waals surface area (Å²) in [4.78, 5) is 0. The first-order chi connectivity index (χ1) is 7.25. The van der Waals surface area contributed by atoms with Gasteiger partial charge in [0.2, 0.25) is 0 Å². The predicted molar refractivity (Wildman–Crippen MR) is 59.3 cm³/mol. The van der Waals surface area contributed by atoms with E-state index in [-0.39, 0.29) is 0 Å². The molecule has 15 heavy (non-hydrogen) atoms. The highest BCUT2D eigenvalue weighted by atomic mass is 15.1. The van der Waals surface area contributed by atoms with Crippen LogP contribution < -0.4 is 5.32 Å². The molecule has 0 spiro atoms. The third-order valence-electron chi connectivity index (χ3n) is 2.52. The number of aromatic nitrogens is 3. The van der Waals surface area contributed by atoms with Crippen LogP contribution in [0.2, 0.25) is 0 Å². The Labute approximate surface area is 89.3 Å². The van der Waals surface area contributed by atoms with Gasteiger partial charge in [-0.1, -0.05) is 0 Å². The first-order valence-corrected chi connectivity index (χ1v) is 5.08. The average molecular weight is 204 g/mol. The molecule has 4 nitrogen and oxygen atoms in total. The number of aryl methyl sites for hydroxylation is 1. The number of aromatic amines is 1. The number of rotatable bonds is 4. The number of hydrogen-bond acceptors (Lipinski definition) is 2. The maximum Gasteiger partial charge on any atom is 0.0534 e. The topological polar surface area (TPSA) is 45.6 Å². The minimum absolute atomic E-state index is 0.323. The quantitative estimate of drug-likeness (QED) is 0.794. The van der Waals surface area contributed by atoms with Gasteiger partial charge >= 0.3 is 0 Å². The van der Waals surface area contributed by atoms with E-state index in [4.69, 9.17) is 0 Å². The largest absolute Gasteiger partial charge is 0.357 e. The molecule has 4 heteroatoms. The molecular weight excluding hydrogens is 188 g/mol. The van der Waals surface area contributed by atoms with Gasteiger partial charge in [0.25, 0.3) is 0 Å². The lowest BCUT2D eigenvalue weighted by atomic mass is 10.2. The molecular formula is C11H16N4. The summed E-state index contributed by atoms with van der Waals surface area (Å²) in [7, 11) is 2.03. The van der Waals surface area contributed by atoms with E-state index in [1.54, 1.807) is 0 Å². The van der Waals surface area contributed by atoms with Crippen LogP contribution in [0.4, 0.5) is 0 Å². The van der Waals surface area contributed by atoms with Gasteiger partial charge in [0.05, 0.1) is 6.20 Å². The molecule has 1 atom stereocenters. The average Bonchev–Trinajstić information content (AvgIpc) is 2.84. The van der Waals surface area contributed by atoms with Gasteiger partial charge in [0.1, 0.15) is 0 Å². The van der Waals surface area contributed by atoms with Crippen LogP contribution in [0.15, 0.2) is 30.9 Å². The number of nitrogens with zero attached hydrogens (tertiary/aromatic N) is 2. The Morgan fingerprint density at radius 3 is 3.07 bits per heavy atom. The highest BCUT2D eigenvalue weighted by molar-refractivity contribution is 5.12. The fraction of sp³-hybridized carbons (Fsp3) is 0.364. The van der Waals surface area contributed by atoms with E-state index in [9.17, 15) is 0 Å². The zero-order chi connectivity index (χ0) is 10.7. The van der Waals surface area contributed by atoms with Crippen LogP contribution in [0.25, 0.3) is 0 Å². The van der Waals surface area contributed by atoms with Gasteiger partial charge in [-0.3, -0.25) is 5.10 Å². The zero-order valence-electron chi connectivity index (χ0n) is 9.07. The summed E-state index contributed by atoms with van der Waals surface area (Å²) in [6.07, 6.45) is 7.94. The molecule has 0 fully saturated rings. The molecule has 2 heterocycles. The van der Waals surface area contributed by atoms with Crippen molar-refractivity contribution in [3.63, 3.8) is 0 Å². The van der Waals surface area contributed by atoms with E-state index < -0.39 is 0 Å². The van der Waals surface area contributed by atoms with E-state index in [1.165, 1.54) is 11.1 Å². The Hall–Kier alpha value is -1.55. The van der Waals surface area contributed by atoms with Crippen molar-refractivity contribution in [3.05, 3.63) is 42.0 Å². The molecule has 0 saturated heterocycles. The van der Waals surface area contributed by atoms with Crippen LogP contribution in [0.5, 0.6) is 0 Å². The molecule has 2 rings (SSSR count). The van der Waals surface area contributed by atoms with Crippen LogP contribution in [0, 0.1) is 0 Å². The predicted octanol–water partition coefficient (Wildman–Crippen LogP) is 1.60. The van der Waals surface area contributed by atoms with Crippen LogP contribution in [0.3, 0.4) is 0 Å². The Morgan fingerprint density at radius 2 is 2.47 bits per heavy atom. The summed E-state index contributed by atoms with van der Waals surface area (Å²) in [6, 6.07) is 2.44. The SMILES string of the molecule is CC(NCc1ccn(C)c1)c1cn[nH]c1. The second-order valence-corrected chi connectivity index (χ2v) is 3.82. The van der Waals surface area contributed by atoms with Gasteiger partial charge < -0.3 is 9.88 Å².